The van der Waals surface area contributed by atoms with Crippen LogP contribution >= 0.6 is 11.6 Å². The number of rotatable bonds is 5. The van der Waals surface area contributed by atoms with E-state index in [9.17, 15) is 22.8 Å². The lowest BCUT2D eigenvalue weighted by Gasteiger charge is -2.34. The second kappa shape index (κ2) is 9.34. The summed E-state index contributed by atoms with van der Waals surface area (Å²) in [5, 5.41) is 3.40. The summed E-state index contributed by atoms with van der Waals surface area (Å²) < 4.78 is 39.1. The minimum absolute atomic E-state index is 0.0103. The van der Waals surface area contributed by atoms with E-state index in [0.29, 0.717) is 36.6 Å². The van der Waals surface area contributed by atoms with E-state index in [0.717, 1.165) is 17.7 Å². The number of alkyl halides is 3. The monoisotopic (exact) mass is 431 g/mol. The average molecular weight is 432 g/mol. The van der Waals surface area contributed by atoms with Gasteiger partial charge >= 0.3 is 6.18 Å². The van der Waals surface area contributed by atoms with Crippen LogP contribution in [0.3, 0.4) is 0 Å². The minimum atomic E-state index is -4.36. The number of carbonyl (C=O) groups is 2. The quantitative estimate of drug-likeness (QED) is 0.778. The van der Waals surface area contributed by atoms with Crippen LogP contribution in [0.25, 0.3) is 0 Å². The first-order valence-corrected chi connectivity index (χ1v) is 10.2. The average Bonchev–Trinajstić information content (AvgIpc) is 3.18. The topological polar surface area (TPSA) is 52.7 Å². The summed E-state index contributed by atoms with van der Waals surface area (Å²) in [4.78, 5) is 27.4. The van der Waals surface area contributed by atoms with Crippen molar-refractivity contribution in [3.05, 3.63) is 34.9 Å². The number of nitrogens with zero attached hydrogens (tertiary/aromatic N) is 2. The summed E-state index contributed by atoms with van der Waals surface area (Å²) in [7, 11) is 0. The molecule has 0 bridgehead atoms. The van der Waals surface area contributed by atoms with Gasteiger partial charge in [0, 0.05) is 23.7 Å². The molecular formula is C20H25ClF3N3O2. The predicted octanol–water partition coefficient (Wildman–Crippen LogP) is 3.34. The molecule has 2 fully saturated rings. The van der Waals surface area contributed by atoms with Crippen molar-refractivity contribution in [2.45, 2.75) is 37.9 Å². The minimum Gasteiger partial charge on any atom is -0.352 e. The predicted molar refractivity (Wildman–Crippen MR) is 104 cm³/mol. The molecule has 3 rings (SSSR count). The number of amides is 2. The molecule has 160 valence electrons. The zero-order chi connectivity index (χ0) is 21.0. The largest absolute Gasteiger partial charge is 0.408 e. The fourth-order valence-corrected chi connectivity index (χ4v) is 4.20. The number of hydrogen-bond donors (Lipinski definition) is 1. The number of piperidine rings is 1. The van der Waals surface area contributed by atoms with Gasteiger partial charge in [-0.2, -0.15) is 13.2 Å². The SMILES string of the molecule is O=C(NCC1CCN(CC(=O)N2CCCC2C(F)(F)F)CC1)c1cccc(Cl)c1. The molecule has 2 amide bonds. The van der Waals surface area contributed by atoms with E-state index in [-0.39, 0.29) is 31.3 Å². The number of halogens is 4. The van der Waals surface area contributed by atoms with Crippen LogP contribution in [0.4, 0.5) is 13.2 Å². The van der Waals surface area contributed by atoms with Gasteiger partial charge in [-0.1, -0.05) is 17.7 Å². The fraction of sp³-hybridized carbons (Fsp3) is 0.600. The smallest absolute Gasteiger partial charge is 0.352 e. The highest BCUT2D eigenvalue weighted by atomic mass is 35.5. The number of likely N-dealkylation sites (tertiary alicyclic amines) is 2. The third-order valence-corrected chi connectivity index (χ3v) is 5.89. The highest BCUT2D eigenvalue weighted by Gasteiger charge is 2.47. The molecule has 2 aliphatic heterocycles. The summed E-state index contributed by atoms with van der Waals surface area (Å²) in [5.74, 6) is -0.353. The molecule has 5 nitrogen and oxygen atoms in total. The summed E-state index contributed by atoms with van der Waals surface area (Å²) >= 11 is 5.90. The molecule has 1 aromatic carbocycles. The van der Waals surface area contributed by atoms with E-state index in [1.165, 1.54) is 0 Å². The maximum Gasteiger partial charge on any atom is 0.408 e. The first kappa shape index (κ1) is 21.9. The maximum atomic E-state index is 13.0. The molecule has 2 aliphatic rings. The van der Waals surface area contributed by atoms with Crippen LogP contribution in [0, 0.1) is 5.92 Å². The lowest BCUT2D eigenvalue weighted by Crippen LogP contribution is -2.49. The van der Waals surface area contributed by atoms with Crippen molar-refractivity contribution in [3.63, 3.8) is 0 Å². The molecule has 2 saturated heterocycles. The van der Waals surface area contributed by atoms with Crippen LogP contribution in [-0.4, -0.2) is 66.6 Å². The van der Waals surface area contributed by atoms with E-state index >= 15 is 0 Å². The van der Waals surface area contributed by atoms with Crippen LogP contribution < -0.4 is 5.32 Å². The van der Waals surface area contributed by atoms with Crippen LogP contribution in [0.5, 0.6) is 0 Å². The lowest BCUT2D eigenvalue weighted by atomic mass is 9.96. The van der Waals surface area contributed by atoms with Gasteiger partial charge in [0.2, 0.25) is 5.91 Å². The van der Waals surface area contributed by atoms with Gasteiger partial charge in [0.25, 0.3) is 5.91 Å². The molecule has 2 heterocycles. The van der Waals surface area contributed by atoms with E-state index in [1.807, 2.05) is 4.90 Å². The van der Waals surface area contributed by atoms with E-state index in [2.05, 4.69) is 5.32 Å². The van der Waals surface area contributed by atoms with Gasteiger partial charge in [0.15, 0.2) is 0 Å². The van der Waals surface area contributed by atoms with Crippen molar-refractivity contribution in [1.82, 2.24) is 15.1 Å². The Morgan fingerprint density at radius 1 is 1.14 bits per heavy atom. The Morgan fingerprint density at radius 3 is 2.52 bits per heavy atom. The molecule has 9 heteroatoms. The number of nitrogens with one attached hydrogen (secondary N) is 1. The third kappa shape index (κ3) is 5.85. The van der Waals surface area contributed by atoms with Crippen LogP contribution in [0.15, 0.2) is 24.3 Å². The fourth-order valence-electron chi connectivity index (χ4n) is 4.01. The lowest BCUT2D eigenvalue weighted by molar-refractivity contribution is -0.183. The molecular weight excluding hydrogens is 407 g/mol. The van der Waals surface area contributed by atoms with Crippen molar-refractivity contribution in [2.75, 3.05) is 32.7 Å². The van der Waals surface area contributed by atoms with Gasteiger partial charge in [-0.15, -0.1) is 0 Å². The van der Waals surface area contributed by atoms with Crippen molar-refractivity contribution >= 4 is 23.4 Å². The standard InChI is InChI=1S/C20H25ClF3N3O2/c21-16-4-1-3-15(11-16)19(29)25-12-14-6-9-26(10-7-14)13-18(28)27-8-2-5-17(27)20(22,23)24/h1,3-4,11,14,17H,2,5-10,12-13H2,(H,25,29). The molecule has 0 aliphatic carbocycles. The Labute approximate surface area is 173 Å². The molecule has 1 atom stereocenters. The number of carbonyl (C=O) groups excluding carboxylic acids is 2. The molecule has 0 saturated carbocycles. The Bertz CT molecular complexity index is 736. The van der Waals surface area contributed by atoms with E-state index in [1.54, 1.807) is 24.3 Å². The van der Waals surface area contributed by atoms with Gasteiger partial charge in [-0.3, -0.25) is 14.5 Å². The second-order valence-electron chi connectivity index (χ2n) is 7.73. The van der Waals surface area contributed by atoms with Crippen molar-refractivity contribution in [2.24, 2.45) is 5.92 Å². The van der Waals surface area contributed by atoms with E-state index < -0.39 is 18.1 Å². The molecule has 1 unspecified atom stereocenters. The maximum absolute atomic E-state index is 13.0. The first-order valence-electron chi connectivity index (χ1n) is 9.86. The highest BCUT2D eigenvalue weighted by molar-refractivity contribution is 6.30. The molecule has 0 spiro atoms. The number of benzene rings is 1. The van der Waals surface area contributed by atoms with Gasteiger partial charge in [-0.05, 0) is 62.9 Å². The Morgan fingerprint density at radius 2 is 1.86 bits per heavy atom. The van der Waals surface area contributed by atoms with Gasteiger partial charge in [0.1, 0.15) is 6.04 Å². The second-order valence-corrected chi connectivity index (χ2v) is 8.16. The summed E-state index contributed by atoms with van der Waals surface area (Å²) in [6, 6.07) is 5.08. The van der Waals surface area contributed by atoms with Gasteiger partial charge in [-0.25, -0.2) is 0 Å². The van der Waals surface area contributed by atoms with Gasteiger partial charge in [0.05, 0.1) is 6.54 Å². The molecule has 29 heavy (non-hydrogen) atoms. The molecule has 0 radical (unpaired) electrons. The Balaban J connectivity index is 1.41. The van der Waals surface area contributed by atoms with E-state index in [4.69, 9.17) is 11.6 Å². The molecule has 1 N–H and O–H groups in total. The first-order chi connectivity index (χ1) is 13.7. The Kier molecular flexibility index (Phi) is 7.05. The summed E-state index contributed by atoms with van der Waals surface area (Å²) in [6.45, 7) is 1.99. The van der Waals surface area contributed by atoms with Crippen LogP contribution in [-0.2, 0) is 4.79 Å². The van der Waals surface area contributed by atoms with Crippen molar-refractivity contribution in [3.8, 4) is 0 Å². The summed E-state index contributed by atoms with van der Waals surface area (Å²) in [6.07, 6.45) is -2.41. The highest BCUT2D eigenvalue weighted by Crippen LogP contribution is 2.32. The third-order valence-electron chi connectivity index (χ3n) is 5.66. The zero-order valence-corrected chi connectivity index (χ0v) is 16.8. The molecule has 1 aromatic rings. The summed E-state index contributed by atoms with van der Waals surface area (Å²) in [5.41, 5.74) is 0.505. The van der Waals surface area contributed by atoms with Crippen molar-refractivity contribution in [1.29, 1.82) is 0 Å². The number of hydrogen-bond acceptors (Lipinski definition) is 3. The Hall–Kier alpha value is -1.80. The van der Waals surface area contributed by atoms with Gasteiger partial charge < -0.3 is 10.2 Å². The van der Waals surface area contributed by atoms with Crippen molar-refractivity contribution < 1.29 is 22.8 Å². The normalized spacial score (nSPS) is 21.4. The van der Waals surface area contributed by atoms with Crippen LogP contribution in [0.2, 0.25) is 5.02 Å². The van der Waals surface area contributed by atoms with Crippen LogP contribution in [0.1, 0.15) is 36.0 Å². The molecule has 0 aromatic heterocycles. The zero-order valence-electron chi connectivity index (χ0n) is 16.1.